The summed E-state index contributed by atoms with van der Waals surface area (Å²) in [6.07, 6.45) is 1.12. The minimum absolute atomic E-state index is 0.211. The number of carbonyl (C=O) groups is 1. The molecule has 0 bridgehead atoms. The Morgan fingerprint density at radius 2 is 2.06 bits per heavy atom. The van der Waals surface area contributed by atoms with Gasteiger partial charge >= 0.3 is 0 Å². The van der Waals surface area contributed by atoms with Crippen molar-refractivity contribution in [2.24, 2.45) is 11.7 Å². The van der Waals surface area contributed by atoms with Gasteiger partial charge in [0, 0.05) is 45.6 Å². The lowest BCUT2D eigenvalue weighted by atomic mass is 10.1. The Balaban J connectivity index is 2.26. The summed E-state index contributed by atoms with van der Waals surface area (Å²) in [6.45, 7) is 6.70. The van der Waals surface area contributed by atoms with Gasteiger partial charge in [-0.05, 0) is 12.5 Å². The number of nitrogens with zero attached hydrogens (tertiary/aromatic N) is 3. The van der Waals surface area contributed by atoms with E-state index in [1.165, 1.54) is 0 Å². The number of amides is 1. The molecule has 5 nitrogen and oxygen atoms in total. The molecule has 1 rings (SSSR count). The van der Waals surface area contributed by atoms with Gasteiger partial charge < -0.3 is 10.6 Å². The van der Waals surface area contributed by atoms with Crippen LogP contribution in [0.1, 0.15) is 19.8 Å². The molecule has 2 N–H and O–H groups in total. The number of rotatable bonds is 5. The molecule has 96 valence electrons. The first-order chi connectivity index (χ1) is 8.17. The average Bonchev–Trinajstić information content (AvgIpc) is 2.36. The van der Waals surface area contributed by atoms with E-state index >= 15 is 0 Å². The molecule has 1 fully saturated rings. The number of nitriles is 1. The Morgan fingerprint density at radius 1 is 1.41 bits per heavy atom. The third kappa shape index (κ3) is 4.72. The molecule has 0 aromatic heterocycles. The van der Waals surface area contributed by atoms with Crippen molar-refractivity contribution in [3.05, 3.63) is 0 Å². The van der Waals surface area contributed by atoms with Crippen molar-refractivity contribution in [2.75, 3.05) is 39.3 Å². The Kier molecular flexibility index (Phi) is 5.95. The topological polar surface area (TPSA) is 73.4 Å². The van der Waals surface area contributed by atoms with Gasteiger partial charge in [0.05, 0.1) is 6.07 Å². The molecule has 1 unspecified atom stereocenters. The minimum atomic E-state index is 0.211. The fourth-order valence-corrected chi connectivity index (χ4v) is 1.94. The molecule has 1 aliphatic heterocycles. The van der Waals surface area contributed by atoms with Crippen molar-refractivity contribution in [1.29, 1.82) is 5.26 Å². The van der Waals surface area contributed by atoms with Crippen LogP contribution in [-0.2, 0) is 4.79 Å². The van der Waals surface area contributed by atoms with Crippen molar-refractivity contribution in [1.82, 2.24) is 9.80 Å². The van der Waals surface area contributed by atoms with E-state index in [4.69, 9.17) is 11.0 Å². The molecule has 0 spiro atoms. The maximum Gasteiger partial charge on any atom is 0.222 e. The van der Waals surface area contributed by atoms with E-state index in [9.17, 15) is 4.79 Å². The molecule has 0 aliphatic carbocycles. The molecule has 0 saturated carbocycles. The summed E-state index contributed by atoms with van der Waals surface area (Å²) in [7, 11) is 0. The molecular weight excluding hydrogens is 216 g/mol. The SMILES string of the molecule is CC(CN)CC(=O)N1CCN(CCC#N)CC1. The Morgan fingerprint density at radius 3 is 2.59 bits per heavy atom. The zero-order chi connectivity index (χ0) is 12.7. The summed E-state index contributed by atoms with van der Waals surface area (Å²) in [5, 5.41) is 8.51. The molecule has 0 aromatic carbocycles. The predicted octanol–water partition coefficient (Wildman–Crippen LogP) is 0.0292. The fraction of sp³-hybridized carbons (Fsp3) is 0.833. The quantitative estimate of drug-likeness (QED) is 0.733. The van der Waals surface area contributed by atoms with Crippen LogP contribution in [-0.4, -0.2) is 55.0 Å². The van der Waals surface area contributed by atoms with Crippen molar-refractivity contribution >= 4 is 5.91 Å². The smallest absolute Gasteiger partial charge is 0.222 e. The molecule has 1 heterocycles. The van der Waals surface area contributed by atoms with E-state index in [0.717, 1.165) is 32.7 Å². The van der Waals surface area contributed by atoms with Gasteiger partial charge in [-0.25, -0.2) is 0 Å². The van der Waals surface area contributed by atoms with Crippen LogP contribution >= 0.6 is 0 Å². The highest BCUT2D eigenvalue weighted by molar-refractivity contribution is 5.76. The maximum atomic E-state index is 11.9. The van der Waals surface area contributed by atoms with E-state index in [2.05, 4.69) is 11.0 Å². The fourth-order valence-electron chi connectivity index (χ4n) is 1.94. The second-order valence-corrected chi connectivity index (χ2v) is 4.68. The normalized spacial score (nSPS) is 18.8. The number of nitrogens with two attached hydrogens (primary N) is 1. The van der Waals surface area contributed by atoms with Crippen LogP contribution in [0, 0.1) is 17.2 Å². The van der Waals surface area contributed by atoms with Gasteiger partial charge in [0.1, 0.15) is 0 Å². The highest BCUT2D eigenvalue weighted by Crippen LogP contribution is 2.08. The molecule has 0 radical (unpaired) electrons. The summed E-state index contributed by atoms with van der Waals surface area (Å²) >= 11 is 0. The first-order valence-corrected chi connectivity index (χ1v) is 6.24. The Hall–Kier alpha value is -1.12. The van der Waals surface area contributed by atoms with Gasteiger partial charge in [0.2, 0.25) is 5.91 Å². The summed E-state index contributed by atoms with van der Waals surface area (Å²) < 4.78 is 0. The molecule has 5 heteroatoms. The molecule has 1 saturated heterocycles. The zero-order valence-electron chi connectivity index (χ0n) is 10.6. The van der Waals surface area contributed by atoms with Gasteiger partial charge in [0.25, 0.3) is 0 Å². The van der Waals surface area contributed by atoms with Gasteiger partial charge in [-0.15, -0.1) is 0 Å². The highest BCUT2D eigenvalue weighted by atomic mass is 16.2. The van der Waals surface area contributed by atoms with Crippen LogP contribution in [0.5, 0.6) is 0 Å². The summed E-state index contributed by atoms with van der Waals surface area (Å²) in [6, 6.07) is 2.15. The first-order valence-electron chi connectivity index (χ1n) is 6.24. The minimum Gasteiger partial charge on any atom is -0.340 e. The standard InChI is InChI=1S/C12H22N4O/c1-11(10-14)9-12(17)16-7-5-15(6-8-16)4-2-3-13/h11H,2,4-10,14H2,1H3. The maximum absolute atomic E-state index is 11.9. The van der Waals surface area contributed by atoms with Crippen LogP contribution in [0.4, 0.5) is 0 Å². The molecule has 1 atom stereocenters. The molecule has 1 amide bonds. The second-order valence-electron chi connectivity index (χ2n) is 4.68. The molecule has 17 heavy (non-hydrogen) atoms. The third-order valence-corrected chi connectivity index (χ3v) is 3.19. The molecule has 1 aliphatic rings. The Bertz CT molecular complexity index is 279. The van der Waals surface area contributed by atoms with Gasteiger partial charge in [-0.2, -0.15) is 5.26 Å². The first kappa shape index (κ1) is 13.9. The van der Waals surface area contributed by atoms with Crippen LogP contribution in [0.3, 0.4) is 0 Å². The van der Waals surface area contributed by atoms with Crippen LogP contribution in [0.2, 0.25) is 0 Å². The number of hydrogen-bond acceptors (Lipinski definition) is 4. The predicted molar refractivity (Wildman–Crippen MR) is 66.1 cm³/mol. The highest BCUT2D eigenvalue weighted by Gasteiger charge is 2.21. The lowest BCUT2D eigenvalue weighted by Crippen LogP contribution is -2.49. The summed E-state index contributed by atoms with van der Waals surface area (Å²) in [4.78, 5) is 16.0. The molecular formula is C12H22N4O. The van der Waals surface area contributed by atoms with E-state index < -0.39 is 0 Å². The van der Waals surface area contributed by atoms with Crippen molar-refractivity contribution in [3.63, 3.8) is 0 Å². The van der Waals surface area contributed by atoms with Gasteiger partial charge in [-0.3, -0.25) is 9.69 Å². The van der Waals surface area contributed by atoms with Gasteiger partial charge in [-0.1, -0.05) is 6.92 Å². The van der Waals surface area contributed by atoms with Crippen LogP contribution < -0.4 is 5.73 Å². The number of carbonyl (C=O) groups excluding carboxylic acids is 1. The summed E-state index contributed by atoms with van der Waals surface area (Å²) in [5.74, 6) is 0.474. The zero-order valence-corrected chi connectivity index (χ0v) is 10.6. The summed E-state index contributed by atoms with van der Waals surface area (Å²) in [5.41, 5.74) is 5.52. The Labute approximate surface area is 103 Å². The average molecular weight is 238 g/mol. The van der Waals surface area contributed by atoms with E-state index in [-0.39, 0.29) is 11.8 Å². The van der Waals surface area contributed by atoms with Gasteiger partial charge in [0.15, 0.2) is 0 Å². The largest absolute Gasteiger partial charge is 0.340 e. The lowest BCUT2D eigenvalue weighted by Gasteiger charge is -2.34. The number of piperazine rings is 1. The third-order valence-electron chi connectivity index (χ3n) is 3.19. The van der Waals surface area contributed by atoms with Crippen molar-refractivity contribution < 1.29 is 4.79 Å². The second kappa shape index (κ2) is 7.25. The van der Waals surface area contributed by atoms with Crippen molar-refractivity contribution in [3.8, 4) is 6.07 Å². The molecule has 0 aromatic rings. The van der Waals surface area contributed by atoms with E-state index in [1.54, 1.807) is 0 Å². The van der Waals surface area contributed by atoms with E-state index in [0.29, 0.717) is 19.4 Å². The van der Waals surface area contributed by atoms with E-state index in [1.807, 2.05) is 11.8 Å². The number of hydrogen-bond donors (Lipinski definition) is 1. The van der Waals surface area contributed by atoms with Crippen LogP contribution in [0.15, 0.2) is 0 Å². The van der Waals surface area contributed by atoms with Crippen LogP contribution in [0.25, 0.3) is 0 Å². The van der Waals surface area contributed by atoms with Crippen molar-refractivity contribution in [2.45, 2.75) is 19.8 Å². The monoisotopic (exact) mass is 238 g/mol. The lowest BCUT2D eigenvalue weighted by molar-refractivity contribution is -0.133.